The minimum Gasteiger partial charge on any atom is -0.355 e. The number of carbonyl (C=O) groups excluding carboxylic acids is 1. The molecule has 2 N–H and O–H groups in total. The Kier molecular flexibility index (Phi) is 6.11. The Labute approximate surface area is 154 Å². The second kappa shape index (κ2) is 7.91. The van der Waals surface area contributed by atoms with Gasteiger partial charge in [0.1, 0.15) is 0 Å². The van der Waals surface area contributed by atoms with Crippen molar-refractivity contribution < 1.29 is 4.79 Å². The summed E-state index contributed by atoms with van der Waals surface area (Å²) in [6.07, 6.45) is 3.83. The Hall–Kier alpha value is -2.01. The van der Waals surface area contributed by atoms with Crippen LogP contribution in [0, 0.1) is 0 Å². The fraction of sp³-hybridized carbons (Fsp3) is 0.400. The molecule has 4 nitrogen and oxygen atoms in total. The van der Waals surface area contributed by atoms with Gasteiger partial charge in [-0.1, -0.05) is 20.8 Å². The number of rotatable bonds is 5. The molecule has 0 unspecified atom stereocenters. The molecular formula is C20H27N3OS. The van der Waals surface area contributed by atoms with Gasteiger partial charge >= 0.3 is 0 Å². The van der Waals surface area contributed by atoms with Crippen molar-refractivity contribution in [3.05, 3.63) is 47.8 Å². The summed E-state index contributed by atoms with van der Waals surface area (Å²) in [5.74, 6) is -0.0738. The molecule has 25 heavy (non-hydrogen) atoms. The number of nitrogens with zero attached hydrogens (tertiary/aromatic N) is 1. The lowest BCUT2D eigenvalue weighted by molar-refractivity contribution is 0.0944. The molecule has 1 aromatic carbocycles. The molecule has 0 aliphatic rings. The average molecular weight is 358 g/mol. The van der Waals surface area contributed by atoms with Crippen LogP contribution in [0.3, 0.4) is 0 Å². The van der Waals surface area contributed by atoms with Crippen LogP contribution in [-0.2, 0) is 5.41 Å². The van der Waals surface area contributed by atoms with E-state index < -0.39 is 0 Å². The van der Waals surface area contributed by atoms with E-state index >= 15 is 0 Å². The van der Waals surface area contributed by atoms with Crippen molar-refractivity contribution in [1.29, 1.82) is 0 Å². The van der Waals surface area contributed by atoms with Gasteiger partial charge in [-0.25, -0.2) is 0 Å². The van der Waals surface area contributed by atoms with Crippen LogP contribution in [0.15, 0.2) is 41.4 Å². The van der Waals surface area contributed by atoms with E-state index in [1.807, 2.05) is 50.4 Å². The zero-order valence-corrected chi connectivity index (χ0v) is 16.6. The molecule has 0 fully saturated rings. The van der Waals surface area contributed by atoms with Gasteiger partial charge in [0.15, 0.2) is 0 Å². The number of anilines is 2. The SMILES string of the molecule is CSc1ccc(C(=O)NC(C)C)c(Nc2ccnc(C(C)(C)C)c2)c1. The van der Waals surface area contributed by atoms with Gasteiger partial charge < -0.3 is 10.6 Å². The number of pyridine rings is 1. The van der Waals surface area contributed by atoms with Gasteiger partial charge in [0, 0.05) is 33.9 Å². The summed E-state index contributed by atoms with van der Waals surface area (Å²) < 4.78 is 0. The summed E-state index contributed by atoms with van der Waals surface area (Å²) in [6, 6.07) is 9.91. The number of hydrogen-bond donors (Lipinski definition) is 2. The number of aromatic nitrogens is 1. The zero-order chi connectivity index (χ0) is 18.6. The third-order valence-corrected chi connectivity index (χ3v) is 4.42. The summed E-state index contributed by atoms with van der Waals surface area (Å²) in [5, 5.41) is 6.36. The number of hydrogen-bond acceptors (Lipinski definition) is 4. The van der Waals surface area contributed by atoms with Gasteiger partial charge in [0.25, 0.3) is 5.91 Å². The third kappa shape index (κ3) is 5.23. The maximum absolute atomic E-state index is 12.5. The van der Waals surface area contributed by atoms with Crippen LogP contribution < -0.4 is 10.6 Å². The molecule has 0 saturated heterocycles. The van der Waals surface area contributed by atoms with Crippen molar-refractivity contribution in [3.8, 4) is 0 Å². The molecule has 134 valence electrons. The smallest absolute Gasteiger partial charge is 0.253 e. The first-order chi connectivity index (χ1) is 11.7. The molecule has 5 heteroatoms. The summed E-state index contributed by atoms with van der Waals surface area (Å²) in [7, 11) is 0. The average Bonchev–Trinajstić information content (AvgIpc) is 2.53. The van der Waals surface area contributed by atoms with Crippen molar-refractivity contribution in [3.63, 3.8) is 0 Å². The second-order valence-electron chi connectivity index (χ2n) is 7.34. The largest absolute Gasteiger partial charge is 0.355 e. The standard InChI is InChI=1S/C20H27N3OS/c1-13(2)22-19(24)16-8-7-15(25-6)12-17(16)23-14-9-10-21-18(11-14)20(3,4)5/h7-13H,1-6H3,(H,21,23)(H,22,24). The Morgan fingerprint density at radius 3 is 2.48 bits per heavy atom. The molecule has 1 aromatic heterocycles. The van der Waals surface area contributed by atoms with Crippen LogP contribution in [0.4, 0.5) is 11.4 Å². The molecule has 0 aliphatic heterocycles. The molecule has 0 saturated carbocycles. The Balaban J connectivity index is 2.39. The van der Waals surface area contributed by atoms with E-state index in [1.165, 1.54) is 0 Å². The summed E-state index contributed by atoms with van der Waals surface area (Å²) >= 11 is 1.65. The first-order valence-corrected chi connectivity index (χ1v) is 9.65. The van der Waals surface area contributed by atoms with Crippen molar-refractivity contribution in [2.45, 2.75) is 51.0 Å². The van der Waals surface area contributed by atoms with Crippen molar-refractivity contribution >= 4 is 29.0 Å². The predicted molar refractivity (Wildman–Crippen MR) is 107 cm³/mol. The van der Waals surface area contributed by atoms with E-state index in [2.05, 4.69) is 36.4 Å². The van der Waals surface area contributed by atoms with Gasteiger partial charge in [0.2, 0.25) is 0 Å². The Morgan fingerprint density at radius 2 is 1.88 bits per heavy atom. The highest BCUT2D eigenvalue weighted by Gasteiger charge is 2.17. The van der Waals surface area contributed by atoms with Gasteiger partial charge in [-0.15, -0.1) is 11.8 Å². The van der Waals surface area contributed by atoms with Gasteiger partial charge in [-0.2, -0.15) is 0 Å². The van der Waals surface area contributed by atoms with Crippen LogP contribution in [0.5, 0.6) is 0 Å². The Morgan fingerprint density at radius 1 is 1.16 bits per heavy atom. The first kappa shape index (κ1) is 19.3. The van der Waals surface area contributed by atoms with Crippen molar-refractivity contribution in [1.82, 2.24) is 10.3 Å². The fourth-order valence-corrected chi connectivity index (χ4v) is 2.81. The lowest BCUT2D eigenvalue weighted by atomic mass is 9.91. The van der Waals surface area contributed by atoms with Gasteiger partial charge in [0.05, 0.1) is 11.3 Å². The highest BCUT2D eigenvalue weighted by atomic mass is 32.2. The van der Waals surface area contributed by atoms with E-state index in [9.17, 15) is 4.79 Å². The minimum absolute atomic E-state index is 0.0311. The molecule has 0 bridgehead atoms. The number of thioether (sulfide) groups is 1. The lowest BCUT2D eigenvalue weighted by Crippen LogP contribution is -2.30. The molecule has 2 rings (SSSR count). The van der Waals surface area contributed by atoms with E-state index in [-0.39, 0.29) is 17.4 Å². The van der Waals surface area contributed by atoms with Crippen LogP contribution in [0.25, 0.3) is 0 Å². The molecule has 2 aromatic rings. The van der Waals surface area contributed by atoms with Crippen LogP contribution in [0.1, 0.15) is 50.7 Å². The molecule has 1 amide bonds. The van der Waals surface area contributed by atoms with Crippen molar-refractivity contribution in [2.24, 2.45) is 0 Å². The van der Waals surface area contributed by atoms with Crippen LogP contribution in [0.2, 0.25) is 0 Å². The Bertz CT molecular complexity index is 751. The summed E-state index contributed by atoms with van der Waals surface area (Å²) in [6.45, 7) is 10.3. The van der Waals surface area contributed by atoms with E-state index in [0.29, 0.717) is 5.56 Å². The maximum Gasteiger partial charge on any atom is 0.253 e. The highest BCUT2D eigenvalue weighted by Crippen LogP contribution is 2.28. The summed E-state index contributed by atoms with van der Waals surface area (Å²) in [4.78, 5) is 18.1. The van der Waals surface area contributed by atoms with Gasteiger partial charge in [-0.05, 0) is 50.4 Å². The number of nitrogens with one attached hydrogen (secondary N) is 2. The normalized spacial score (nSPS) is 11.5. The van der Waals surface area contributed by atoms with Crippen LogP contribution >= 0.6 is 11.8 Å². The second-order valence-corrected chi connectivity index (χ2v) is 8.22. The predicted octanol–water partition coefficient (Wildman–Crippen LogP) is 4.98. The summed E-state index contributed by atoms with van der Waals surface area (Å²) in [5.41, 5.74) is 3.34. The van der Waals surface area contributed by atoms with E-state index in [1.54, 1.807) is 18.0 Å². The highest BCUT2D eigenvalue weighted by molar-refractivity contribution is 7.98. The topological polar surface area (TPSA) is 54.0 Å². The number of benzene rings is 1. The monoisotopic (exact) mass is 357 g/mol. The molecular weight excluding hydrogens is 330 g/mol. The van der Waals surface area contributed by atoms with Crippen molar-refractivity contribution in [2.75, 3.05) is 11.6 Å². The zero-order valence-electron chi connectivity index (χ0n) is 15.8. The maximum atomic E-state index is 12.5. The molecule has 0 atom stereocenters. The molecule has 0 radical (unpaired) electrons. The fourth-order valence-electron chi connectivity index (χ4n) is 2.37. The molecule has 0 spiro atoms. The molecule has 0 aliphatic carbocycles. The van der Waals surface area contributed by atoms with E-state index in [4.69, 9.17) is 0 Å². The third-order valence-electron chi connectivity index (χ3n) is 3.70. The lowest BCUT2D eigenvalue weighted by Gasteiger charge is -2.19. The van der Waals surface area contributed by atoms with Gasteiger partial charge in [-0.3, -0.25) is 9.78 Å². The first-order valence-electron chi connectivity index (χ1n) is 8.43. The number of carbonyl (C=O) groups is 1. The van der Waals surface area contributed by atoms with E-state index in [0.717, 1.165) is 22.0 Å². The minimum atomic E-state index is -0.0738. The van der Waals surface area contributed by atoms with Crippen LogP contribution in [-0.4, -0.2) is 23.2 Å². The quantitative estimate of drug-likeness (QED) is 0.741. The number of amides is 1. The molecule has 1 heterocycles.